The van der Waals surface area contributed by atoms with Crippen molar-refractivity contribution in [1.29, 1.82) is 0 Å². The number of ether oxygens (including phenoxy) is 2. The maximum Gasteiger partial charge on any atom is 0.387 e. The lowest BCUT2D eigenvalue weighted by atomic mass is 10.2. The van der Waals surface area contributed by atoms with Crippen LogP contribution >= 0.6 is 15.9 Å². The molecule has 3 N–H and O–H groups in total. The van der Waals surface area contributed by atoms with Gasteiger partial charge < -0.3 is 20.5 Å². The topological polar surface area (TPSA) is 68.9 Å². The molecule has 0 heterocycles. The smallest absolute Gasteiger partial charge is 0.387 e. The molecule has 0 atom stereocenters. The first-order valence-corrected chi connectivity index (χ1v) is 7.72. The molecule has 0 fully saturated rings. The summed E-state index contributed by atoms with van der Waals surface area (Å²) in [6.07, 6.45) is 0. The second-order valence-electron chi connectivity index (χ2n) is 4.66. The minimum atomic E-state index is -2.90. The van der Waals surface area contributed by atoms with E-state index in [4.69, 9.17) is 10.5 Å². The summed E-state index contributed by atoms with van der Waals surface area (Å²) in [6.45, 7) is -2.83. The minimum absolute atomic E-state index is 0.0574. The SMILES string of the molecule is COc1ccccc1NC(N)=NCc1cc(Br)ccc1OC(F)F. The first kappa shape index (κ1) is 18.0. The number of guanidine groups is 1. The van der Waals surface area contributed by atoms with Gasteiger partial charge in [0, 0.05) is 10.0 Å². The Bertz CT molecular complexity index is 726. The minimum Gasteiger partial charge on any atom is -0.495 e. The van der Waals surface area contributed by atoms with Gasteiger partial charge in [0.15, 0.2) is 5.96 Å². The summed E-state index contributed by atoms with van der Waals surface area (Å²) in [7, 11) is 1.54. The van der Waals surface area contributed by atoms with Crippen LogP contribution in [0, 0.1) is 0 Å². The third-order valence-electron chi connectivity index (χ3n) is 3.03. The Kier molecular flexibility index (Phi) is 6.36. The van der Waals surface area contributed by atoms with E-state index in [1.807, 2.05) is 12.1 Å². The average molecular weight is 400 g/mol. The van der Waals surface area contributed by atoms with E-state index in [-0.39, 0.29) is 18.3 Å². The molecule has 24 heavy (non-hydrogen) atoms. The molecule has 128 valence electrons. The third kappa shape index (κ3) is 5.09. The third-order valence-corrected chi connectivity index (χ3v) is 3.52. The Balaban J connectivity index is 2.13. The molecule has 0 saturated carbocycles. The molecule has 0 radical (unpaired) electrons. The van der Waals surface area contributed by atoms with Gasteiger partial charge in [0.2, 0.25) is 0 Å². The van der Waals surface area contributed by atoms with Gasteiger partial charge in [0.1, 0.15) is 11.5 Å². The van der Waals surface area contributed by atoms with E-state index in [0.29, 0.717) is 17.0 Å². The molecule has 0 aliphatic rings. The molecule has 2 rings (SSSR count). The lowest BCUT2D eigenvalue weighted by molar-refractivity contribution is -0.0504. The van der Waals surface area contributed by atoms with Crippen molar-refractivity contribution in [3.8, 4) is 11.5 Å². The summed E-state index contributed by atoms with van der Waals surface area (Å²) in [5.74, 6) is 0.796. The van der Waals surface area contributed by atoms with Crippen molar-refractivity contribution < 1.29 is 18.3 Å². The van der Waals surface area contributed by atoms with E-state index in [1.54, 1.807) is 31.4 Å². The summed E-state index contributed by atoms with van der Waals surface area (Å²) in [5.41, 5.74) is 6.98. The number of anilines is 1. The van der Waals surface area contributed by atoms with Crippen LogP contribution in [0.1, 0.15) is 5.56 Å². The van der Waals surface area contributed by atoms with Crippen LogP contribution < -0.4 is 20.5 Å². The number of aliphatic imine (C=N–C) groups is 1. The number of halogens is 3. The number of benzene rings is 2. The second-order valence-corrected chi connectivity index (χ2v) is 5.57. The Morgan fingerprint density at radius 3 is 2.71 bits per heavy atom. The Morgan fingerprint density at radius 1 is 1.25 bits per heavy atom. The first-order valence-electron chi connectivity index (χ1n) is 6.93. The van der Waals surface area contributed by atoms with Crippen LogP contribution in [0.25, 0.3) is 0 Å². The van der Waals surface area contributed by atoms with E-state index in [2.05, 4.69) is 31.0 Å². The number of alkyl halides is 2. The average Bonchev–Trinajstić information content (AvgIpc) is 2.55. The van der Waals surface area contributed by atoms with E-state index in [1.165, 1.54) is 6.07 Å². The van der Waals surface area contributed by atoms with Crippen molar-refractivity contribution in [2.45, 2.75) is 13.2 Å². The predicted molar refractivity (Wildman–Crippen MR) is 92.7 cm³/mol. The van der Waals surface area contributed by atoms with Gasteiger partial charge in [-0.1, -0.05) is 28.1 Å². The van der Waals surface area contributed by atoms with Gasteiger partial charge in [-0.05, 0) is 30.3 Å². The maximum absolute atomic E-state index is 12.5. The number of hydrogen-bond donors (Lipinski definition) is 2. The number of nitrogens with zero attached hydrogens (tertiary/aromatic N) is 1. The molecule has 2 aromatic carbocycles. The molecule has 0 aromatic heterocycles. The summed E-state index contributed by atoms with van der Waals surface area (Å²) in [4.78, 5) is 4.16. The van der Waals surface area contributed by atoms with Crippen molar-refractivity contribution in [1.82, 2.24) is 0 Å². The van der Waals surface area contributed by atoms with Crippen LogP contribution in [-0.4, -0.2) is 19.7 Å². The van der Waals surface area contributed by atoms with Crippen molar-refractivity contribution in [2.75, 3.05) is 12.4 Å². The number of para-hydroxylation sites is 2. The number of nitrogens with one attached hydrogen (secondary N) is 1. The predicted octanol–water partition coefficient (Wildman–Crippen LogP) is 3.99. The Morgan fingerprint density at radius 2 is 2.00 bits per heavy atom. The van der Waals surface area contributed by atoms with Gasteiger partial charge >= 0.3 is 6.61 Å². The molecule has 0 aliphatic heterocycles. The van der Waals surface area contributed by atoms with Gasteiger partial charge in [-0.3, -0.25) is 0 Å². The lowest BCUT2D eigenvalue weighted by Crippen LogP contribution is -2.23. The molecule has 0 aliphatic carbocycles. The van der Waals surface area contributed by atoms with Crippen molar-refractivity contribution in [3.05, 3.63) is 52.5 Å². The normalized spacial score (nSPS) is 11.5. The summed E-state index contributed by atoms with van der Waals surface area (Å²) < 4.78 is 35.3. The maximum atomic E-state index is 12.5. The summed E-state index contributed by atoms with van der Waals surface area (Å²) >= 11 is 3.29. The fourth-order valence-electron chi connectivity index (χ4n) is 1.98. The van der Waals surface area contributed by atoms with Crippen LogP contribution in [0.15, 0.2) is 51.9 Å². The number of rotatable bonds is 6. The van der Waals surface area contributed by atoms with Gasteiger partial charge in [-0.25, -0.2) is 4.99 Å². The van der Waals surface area contributed by atoms with Crippen LogP contribution in [-0.2, 0) is 6.54 Å². The fraction of sp³-hybridized carbons (Fsp3) is 0.188. The van der Waals surface area contributed by atoms with Crippen LogP contribution in [0.4, 0.5) is 14.5 Å². The molecular formula is C16H16BrF2N3O2. The van der Waals surface area contributed by atoms with Crippen molar-refractivity contribution >= 4 is 27.6 Å². The van der Waals surface area contributed by atoms with E-state index >= 15 is 0 Å². The Hall–Kier alpha value is -2.35. The molecule has 0 saturated heterocycles. The highest BCUT2D eigenvalue weighted by Crippen LogP contribution is 2.26. The fourth-order valence-corrected chi connectivity index (χ4v) is 2.39. The molecule has 0 amide bonds. The molecule has 8 heteroatoms. The highest BCUT2D eigenvalue weighted by molar-refractivity contribution is 9.10. The van der Waals surface area contributed by atoms with Crippen LogP contribution in [0.3, 0.4) is 0 Å². The molecule has 0 unspecified atom stereocenters. The largest absolute Gasteiger partial charge is 0.495 e. The van der Waals surface area contributed by atoms with Crippen LogP contribution in [0.2, 0.25) is 0 Å². The zero-order valence-electron chi connectivity index (χ0n) is 12.8. The van der Waals surface area contributed by atoms with Gasteiger partial charge in [-0.2, -0.15) is 8.78 Å². The number of methoxy groups -OCH3 is 1. The molecule has 0 bridgehead atoms. The first-order chi connectivity index (χ1) is 11.5. The van der Waals surface area contributed by atoms with E-state index < -0.39 is 6.61 Å². The molecule has 0 spiro atoms. The number of nitrogens with two attached hydrogens (primary N) is 1. The zero-order valence-corrected chi connectivity index (χ0v) is 14.4. The zero-order chi connectivity index (χ0) is 17.5. The highest BCUT2D eigenvalue weighted by atomic mass is 79.9. The molecule has 5 nitrogen and oxygen atoms in total. The van der Waals surface area contributed by atoms with Crippen molar-refractivity contribution in [2.24, 2.45) is 10.7 Å². The molecular weight excluding hydrogens is 384 g/mol. The van der Waals surface area contributed by atoms with Crippen molar-refractivity contribution in [3.63, 3.8) is 0 Å². The summed E-state index contributed by atoms with van der Waals surface area (Å²) in [5, 5.41) is 2.91. The standard InChI is InChI=1S/C16H16BrF2N3O2/c1-23-14-5-3-2-4-12(14)22-16(20)21-9-10-8-11(17)6-7-13(10)24-15(18)19/h2-8,15H,9H2,1H3,(H3,20,21,22). The monoisotopic (exact) mass is 399 g/mol. The van der Waals surface area contributed by atoms with E-state index in [9.17, 15) is 8.78 Å². The lowest BCUT2D eigenvalue weighted by Gasteiger charge is -2.12. The Labute approximate surface area is 146 Å². The van der Waals surface area contributed by atoms with E-state index in [0.717, 1.165) is 4.47 Å². The van der Waals surface area contributed by atoms with Gasteiger partial charge in [0.05, 0.1) is 19.3 Å². The van der Waals surface area contributed by atoms with Crippen LogP contribution in [0.5, 0.6) is 11.5 Å². The number of hydrogen-bond acceptors (Lipinski definition) is 3. The van der Waals surface area contributed by atoms with Gasteiger partial charge in [0.25, 0.3) is 0 Å². The van der Waals surface area contributed by atoms with Gasteiger partial charge in [-0.15, -0.1) is 0 Å². The highest BCUT2D eigenvalue weighted by Gasteiger charge is 2.10. The quantitative estimate of drug-likeness (QED) is 0.569. The summed E-state index contributed by atoms with van der Waals surface area (Å²) in [6, 6.07) is 11.9. The molecule has 2 aromatic rings. The second kappa shape index (κ2) is 8.49.